The van der Waals surface area contributed by atoms with Crippen molar-refractivity contribution in [1.29, 1.82) is 0 Å². The van der Waals surface area contributed by atoms with E-state index in [4.69, 9.17) is 0 Å². The zero-order valence-corrected chi connectivity index (χ0v) is 10.7. The molecule has 0 aromatic heterocycles. The van der Waals surface area contributed by atoms with Crippen LogP contribution in [0.2, 0.25) is 0 Å². The van der Waals surface area contributed by atoms with Gasteiger partial charge < -0.3 is 10.2 Å². The van der Waals surface area contributed by atoms with Crippen LogP contribution in [0.15, 0.2) is 0 Å². The molecular weight excluding hydrogens is 204 g/mol. The van der Waals surface area contributed by atoms with Gasteiger partial charge in [-0.05, 0) is 38.1 Å². The third-order valence-corrected chi connectivity index (χ3v) is 4.88. The predicted molar refractivity (Wildman–Crippen MR) is 68.6 cm³/mol. The standard InChI is InChI=1S/C12H24N2S/c1-2-13-11-6-7-14(9-11)10-12-5-3-4-8-15-12/h11-13H,2-10H2,1H3. The van der Waals surface area contributed by atoms with Crippen molar-refractivity contribution < 1.29 is 0 Å². The molecule has 0 spiro atoms. The minimum absolute atomic E-state index is 0.767. The van der Waals surface area contributed by atoms with Crippen LogP contribution in [-0.2, 0) is 0 Å². The number of rotatable bonds is 4. The molecule has 2 rings (SSSR count). The van der Waals surface area contributed by atoms with Crippen molar-refractivity contribution in [2.75, 3.05) is 31.9 Å². The van der Waals surface area contributed by atoms with Crippen LogP contribution in [0.5, 0.6) is 0 Å². The van der Waals surface area contributed by atoms with Crippen LogP contribution in [0.4, 0.5) is 0 Å². The van der Waals surface area contributed by atoms with Crippen LogP contribution in [0.3, 0.4) is 0 Å². The molecule has 2 aliphatic heterocycles. The van der Waals surface area contributed by atoms with Crippen molar-refractivity contribution in [3.63, 3.8) is 0 Å². The zero-order valence-electron chi connectivity index (χ0n) is 9.87. The first-order valence-electron chi connectivity index (χ1n) is 6.46. The van der Waals surface area contributed by atoms with Crippen LogP contribution in [0, 0.1) is 0 Å². The van der Waals surface area contributed by atoms with E-state index in [9.17, 15) is 0 Å². The second-order valence-electron chi connectivity index (χ2n) is 4.79. The SMILES string of the molecule is CCNC1CCN(CC2CCCCS2)C1. The third kappa shape index (κ3) is 3.65. The highest BCUT2D eigenvalue weighted by Gasteiger charge is 2.24. The van der Waals surface area contributed by atoms with E-state index in [1.54, 1.807) is 0 Å². The third-order valence-electron chi connectivity index (χ3n) is 3.50. The average Bonchev–Trinajstić information content (AvgIpc) is 2.68. The zero-order chi connectivity index (χ0) is 10.5. The van der Waals surface area contributed by atoms with E-state index in [2.05, 4.69) is 28.9 Å². The van der Waals surface area contributed by atoms with Gasteiger partial charge in [0.1, 0.15) is 0 Å². The molecule has 1 N–H and O–H groups in total. The summed E-state index contributed by atoms with van der Waals surface area (Å²) in [4.78, 5) is 2.66. The van der Waals surface area contributed by atoms with Crippen LogP contribution in [-0.4, -0.2) is 48.1 Å². The molecule has 2 fully saturated rings. The van der Waals surface area contributed by atoms with Crippen molar-refractivity contribution in [1.82, 2.24) is 10.2 Å². The lowest BCUT2D eigenvalue weighted by atomic mass is 10.2. The first-order chi connectivity index (χ1) is 7.38. The maximum absolute atomic E-state index is 3.56. The molecule has 88 valence electrons. The topological polar surface area (TPSA) is 15.3 Å². The summed E-state index contributed by atoms with van der Waals surface area (Å²) in [6.07, 6.45) is 5.71. The highest BCUT2D eigenvalue weighted by molar-refractivity contribution is 7.99. The van der Waals surface area contributed by atoms with E-state index >= 15 is 0 Å². The Bertz CT molecular complexity index is 180. The lowest BCUT2D eigenvalue weighted by Gasteiger charge is -2.26. The smallest absolute Gasteiger partial charge is 0.0207 e. The molecule has 2 saturated heterocycles. The largest absolute Gasteiger partial charge is 0.313 e. The van der Waals surface area contributed by atoms with E-state index in [1.165, 1.54) is 51.1 Å². The lowest BCUT2D eigenvalue weighted by molar-refractivity contribution is 0.322. The summed E-state index contributed by atoms with van der Waals surface area (Å²) in [5.41, 5.74) is 0. The number of nitrogens with zero attached hydrogens (tertiary/aromatic N) is 1. The van der Waals surface area contributed by atoms with Gasteiger partial charge in [-0.15, -0.1) is 0 Å². The molecule has 2 atom stereocenters. The minimum atomic E-state index is 0.767. The van der Waals surface area contributed by atoms with Gasteiger partial charge in [-0.1, -0.05) is 13.3 Å². The molecule has 2 aliphatic rings. The molecule has 0 radical (unpaired) electrons. The summed E-state index contributed by atoms with van der Waals surface area (Å²) >= 11 is 2.20. The van der Waals surface area contributed by atoms with Crippen molar-refractivity contribution in [2.24, 2.45) is 0 Å². The van der Waals surface area contributed by atoms with Crippen molar-refractivity contribution in [2.45, 2.75) is 43.9 Å². The Balaban J connectivity index is 1.67. The Hall–Kier alpha value is 0.270. The monoisotopic (exact) mass is 228 g/mol. The number of nitrogens with one attached hydrogen (secondary N) is 1. The number of thioether (sulfide) groups is 1. The summed E-state index contributed by atoms with van der Waals surface area (Å²) in [6.45, 7) is 7.27. The van der Waals surface area contributed by atoms with Crippen molar-refractivity contribution >= 4 is 11.8 Å². The predicted octanol–water partition coefficient (Wildman–Crippen LogP) is 1.96. The molecule has 0 aromatic rings. The quantitative estimate of drug-likeness (QED) is 0.792. The number of likely N-dealkylation sites (tertiary alicyclic amines) is 1. The summed E-state index contributed by atoms with van der Waals surface area (Å²) in [5.74, 6) is 1.40. The molecule has 2 nitrogen and oxygen atoms in total. The normalized spacial score (nSPS) is 33.4. The van der Waals surface area contributed by atoms with E-state index in [0.29, 0.717) is 0 Å². The van der Waals surface area contributed by atoms with Crippen molar-refractivity contribution in [3.8, 4) is 0 Å². The molecule has 15 heavy (non-hydrogen) atoms. The van der Waals surface area contributed by atoms with Gasteiger partial charge in [0.25, 0.3) is 0 Å². The van der Waals surface area contributed by atoms with E-state index < -0.39 is 0 Å². The Morgan fingerprint density at radius 2 is 2.27 bits per heavy atom. The molecule has 2 heterocycles. The van der Waals surface area contributed by atoms with Gasteiger partial charge in [0, 0.05) is 24.4 Å². The number of hydrogen-bond acceptors (Lipinski definition) is 3. The molecular formula is C12H24N2S. The fourth-order valence-electron chi connectivity index (χ4n) is 2.69. The summed E-state index contributed by atoms with van der Waals surface area (Å²) < 4.78 is 0. The lowest BCUT2D eigenvalue weighted by Crippen LogP contribution is -2.35. The highest BCUT2D eigenvalue weighted by Crippen LogP contribution is 2.26. The molecule has 0 bridgehead atoms. The fourth-order valence-corrected chi connectivity index (χ4v) is 4.05. The first kappa shape index (κ1) is 11.7. The van der Waals surface area contributed by atoms with E-state index in [1.807, 2.05) is 0 Å². The van der Waals surface area contributed by atoms with Gasteiger partial charge in [0.2, 0.25) is 0 Å². The Kier molecular flexibility index (Phi) is 4.79. The summed E-state index contributed by atoms with van der Waals surface area (Å²) in [5, 5.41) is 4.49. The second kappa shape index (κ2) is 6.12. The Morgan fingerprint density at radius 3 is 3.00 bits per heavy atom. The van der Waals surface area contributed by atoms with Crippen LogP contribution in [0.1, 0.15) is 32.6 Å². The summed E-state index contributed by atoms with van der Waals surface area (Å²) in [6, 6.07) is 0.767. The first-order valence-corrected chi connectivity index (χ1v) is 7.50. The summed E-state index contributed by atoms with van der Waals surface area (Å²) in [7, 11) is 0. The van der Waals surface area contributed by atoms with Crippen LogP contribution < -0.4 is 5.32 Å². The van der Waals surface area contributed by atoms with E-state index in [-0.39, 0.29) is 0 Å². The maximum Gasteiger partial charge on any atom is 0.0207 e. The van der Waals surface area contributed by atoms with Gasteiger partial charge >= 0.3 is 0 Å². The molecule has 2 unspecified atom stereocenters. The van der Waals surface area contributed by atoms with Gasteiger partial charge in [0.05, 0.1) is 0 Å². The molecule has 3 heteroatoms. The molecule has 0 saturated carbocycles. The average molecular weight is 228 g/mol. The molecule has 0 aliphatic carbocycles. The molecule has 0 aromatic carbocycles. The highest BCUT2D eigenvalue weighted by atomic mass is 32.2. The van der Waals surface area contributed by atoms with E-state index in [0.717, 1.165) is 17.8 Å². The fraction of sp³-hybridized carbons (Fsp3) is 1.00. The number of likely N-dealkylation sites (N-methyl/N-ethyl adjacent to an activating group) is 1. The minimum Gasteiger partial charge on any atom is -0.313 e. The maximum atomic E-state index is 3.56. The van der Waals surface area contributed by atoms with Crippen LogP contribution >= 0.6 is 11.8 Å². The van der Waals surface area contributed by atoms with Gasteiger partial charge in [-0.25, -0.2) is 0 Å². The van der Waals surface area contributed by atoms with Crippen LogP contribution in [0.25, 0.3) is 0 Å². The van der Waals surface area contributed by atoms with Gasteiger partial charge in [-0.3, -0.25) is 0 Å². The Labute approximate surface area is 98.2 Å². The van der Waals surface area contributed by atoms with Gasteiger partial charge in [0.15, 0.2) is 0 Å². The molecule has 0 amide bonds. The number of hydrogen-bond donors (Lipinski definition) is 1. The second-order valence-corrected chi connectivity index (χ2v) is 6.20. The van der Waals surface area contributed by atoms with Crippen molar-refractivity contribution in [3.05, 3.63) is 0 Å². The Morgan fingerprint density at radius 1 is 1.33 bits per heavy atom. The van der Waals surface area contributed by atoms with Gasteiger partial charge in [-0.2, -0.15) is 11.8 Å².